The van der Waals surface area contributed by atoms with Crippen LogP contribution in [0.5, 0.6) is 0 Å². The van der Waals surface area contributed by atoms with Crippen molar-refractivity contribution in [1.29, 1.82) is 0 Å². The van der Waals surface area contributed by atoms with Crippen molar-refractivity contribution in [2.75, 3.05) is 0 Å². The Kier molecular flexibility index (Phi) is 3.83. The van der Waals surface area contributed by atoms with Crippen LogP contribution in [0, 0.1) is 6.92 Å². The molecule has 3 aromatic rings. The number of hydrazine groups is 1. The summed E-state index contributed by atoms with van der Waals surface area (Å²) in [5.74, 6) is 5.78. The molecule has 0 saturated carbocycles. The van der Waals surface area contributed by atoms with E-state index >= 15 is 0 Å². The highest BCUT2D eigenvalue weighted by molar-refractivity contribution is 7.10. The molecular weight excluding hydrogens is 264 g/mol. The summed E-state index contributed by atoms with van der Waals surface area (Å²) in [6.07, 6.45) is 0.898. The number of nitrogens with two attached hydrogens (primary N) is 1. The second kappa shape index (κ2) is 5.75. The van der Waals surface area contributed by atoms with Crippen LogP contribution in [-0.2, 0) is 6.42 Å². The highest BCUT2D eigenvalue weighted by atomic mass is 32.1. The Hall–Kier alpha value is -1.68. The van der Waals surface area contributed by atoms with E-state index in [4.69, 9.17) is 5.84 Å². The van der Waals surface area contributed by atoms with E-state index in [0.717, 1.165) is 6.42 Å². The molecule has 0 aliphatic heterocycles. The molecule has 0 spiro atoms. The highest BCUT2D eigenvalue weighted by Crippen LogP contribution is 2.28. The second-order valence-corrected chi connectivity index (χ2v) is 6.11. The Labute approximate surface area is 123 Å². The van der Waals surface area contributed by atoms with Crippen LogP contribution in [0.3, 0.4) is 0 Å². The smallest absolute Gasteiger partial charge is 0.0511 e. The number of benzene rings is 2. The number of thiophene rings is 1. The second-order valence-electron chi connectivity index (χ2n) is 4.99. The molecule has 3 heteroatoms. The molecule has 102 valence electrons. The van der Waals surface area contributed by atoms with E-state index in [1.807, 2.05) is 0 Å². The molecule has 0 fully saturated rings. The standard InChI is InChI=1S/C17H18N2S/c1-12-15(9-10-20-12)17(19-18)11-14-7-4-6-13-5-2-3-8-16(13)14/h2-10,17,19H,11,18H2,1H3. The molecule has 3 rings (SSSR count). The average Bonchev–Trinajstić information content (AvgIpc) is 2.91. The van der Waals surface area contributed by atoms with Crippen LogP contribution in [0.25, 0.3) is 10.8 Å². The van der Waals surface area contributed by atoms with Crippen LogP contribution in [0.1, 0.15) is 22.0 Å². The first-order chi connectivity index (χ1) is 9.79. The van der Waals surface area contributed by atoms with Crippen molar-refractivity contribution in [2.45, 2.75) is 19.4 Å². The van der Waals surface area contributed by atoms with Gasteiger partial charge < -0.3 is 0 Å². The summed E-state index contributed by atoms with van der Waals surface area (Å²) in [6.45, 7) is 2.15. The lowest BCUT2D eigenvalue weighted by atomic mass is 9.96. The molecule has 0 saturated heterocycles. The lowest BCUT2D eigenvalue weighted by molar-refractivity contribution is 0.553. The third-order valence-electron chi connectivity index (χ3n) is 3.78. The Morgan fingerprint density at radius 1 is 1.10 bits per heavy atom. The van der Waals surface area contributed by atoms with Crippen molar-refractivity contribution in [2.24, 2.45) is 5.84 Å². The molecule has 1 unspecified atom stereocenters. The molecule has 0 aliphatic carbocycles. The first-order valence-electron chi connectivity index (χ1n) is 6.76. The van der Waals surface area contributed by atoms with Gasteiger partial charge in [0.05, 0.1) is 6.04 Å². The van der Waals surface area contributed by atoms with E-state index in [9.17, 15) is 0 Å². The average molecular weight is 282 g/mol. The first-order valence-corrected chi connectivity index (χ1v) is 7.64. The van der Waals surface area contributed by atoms with Crippen molar-refractivity contribution in [3.05, 3.63) is 69.9 Å². The summed E-state index contributed by atoms with van der Waals surface area (Å²) >= 11 is 1.77. The van der Waals surface area contributed by atoms with Crippen molar-refractivity contribution in [3.8, 4) is 0 Å². The maximum Gasteiger partial charge on any atom is 0.0511 e. The van der Waals surface area contributed by atoms with Crippen molar-refractivity contribution < 1.29 is 0 Å². The largest absolute Gasteiger partial charge is 0.271 e. The maximum atomic E-state index is 5.78. The molecule has 0 bridgehead atoms. The van der Waals surface area contributed by atoms with Gasteiger partial charge in [0.2, 0.25) is 0 Å². The fourth-order valence-corrected chi connectivity index (χ4v) is 3.47. The molecule has 1 heterocycles. The summed E-state index contributed by atoms with van der Waals surface area (Å²) in [5.41, 5.74) is 5.59. The zero-order valence-corrected chi connectivity index (χ0v) is 12.3. The first kappa shape index (κ1) is 13.3. The summed E-state index contributed by atoms with van der Waals surface area (Å²) < 4.78 is 0. The van der Waals surface area contributed by atoms with E-state index in [1.54, 1.807) is 11.3 Å². The van der Waals surface area contributed by atoms with Crippen LogP contribution in [0.4, 0.5) is 0 Å². The molecule has 1 atom stereocenters. The Morgan fingerprint density at radius 3 is 2.65 bits per heavy atom. The minimum absolute atomic E-state index is 0.159. The quantitative estimate of drug-likeness (QED) is 0.561. The van der Waals surface area contributed by atoms with Gasteiger partial charge in [-0.15, -0.1) is 11.3 Å². The summed E-state index contributed by atoms with van der Waals surface area (Å²) in [6, 6.07) is 17.3. The van der Waals surface area contributed by atoms with Gasteiger partial charge in [0.15, 0.2) is 0 Å². The van der Waals surface area contributed by atoms with Gasteiger partial charge in [-0.25, -0.2) is 0 Å². The summed E-state index contributed by atoms with van der Waals surface area (Å²) in [7, 11) is 0. The molecular formula is C17H18N2S. The third kappa shape index (κ3) is 2.48. The van der Waals surface area contributed by atoms with Crippen molar-refractivity contribution in [1.82, 2.24) is 5.43 Å². The van der Waals surface area contributed by atoms with Gasteiger partial charge in [0.1, 0.15) is 0 Å². The summed E-state index contributed by atoms with van der Waals surface area (Å²) in [4.78, 5) is 1.33. The van der Waals surface area contributed by atoms with Crippen molar-refractivity contribution in [3.63, 3.8) is 0 Å². The van der Waals surface area contributed by atoms with Crippen LogP contribution < -0.4 is 11.3 Å². The lowest BCUT2D eigenvalue weighted by Gasteiger charge is -2.17. The van der Waals surface area contributed by atoms with E-state index in [-0.39, 0.29) is 6.04 Å². The number of fused-ring (bicyclic) bond motifs is 1. The van der Waals surface area contributed by atoms with Crippen molar-refractivity contribution >= 4 is 22.1 Å². The molecule has 3 N–H and O–H groups in total. The Balaban J connectivity index is 1.98. The van der Waals surface area contributed by atoms with Gasteiger partial charge in [0, 0.05) is 4.88 Å². The van der Waals surface area contributed by atoms with E-state index in [2.05, 4.69) is 66.3 Å². The van der Waals surface area contributed by atoms with Crippen LogP contribution in [0.2, 0.25) is 0 Å². The number of hydrogen-bond acceptors (Lipinski definition) is 3. The highest BCUT2D eigenvalue weighted by Gasteiger charge is 2.15. The molecule has 1 aromatic heterocycles. The van der Waals surface area contributed by atoms with Gasteiger partial charge in [-0.3, -0.25) is 11.3 Å². The maximum absolute atomic E-state index is 5.78. The fourth-order valence-electron chi connectivity index (χ4n) is 2.71. The Bertz CT molecular complexity index is 712. The fraction of sp³-hybridized carbons (Fsp3) is 0.176. The Morgan fingerprint density at radius 2 is 1.90 bits per heavy atom. The minimum atomic E-state index is 0.159. The van der Waals surface area contributed by atoms with Crippen LogP contribution in [-0.4, -0.2) is 0 Å². The molecule has 20 heavy (non-hydrogen) atoms. The molecule has 0 aliphatic rings. The molecule has 2 nitrogen and oxygen atoms in total. The van der Waals surface area contributed by atoms with Gasteiger partial charge in [-0.05, 0) is 46.7 Å². The monoisotopic (exact) mass is 282 g/mol. The molecule has 0 radical (unpaired) electrons. The summed E-state index contributed by atoms with van der Waals surface area (Å²) in [5, 5.41) is 4.71. The SMILES string of the molecule is Cc1sccc1C(Cc1cccc2ccccc12)NN. The van der Waals surface area contributed by atoms with E-state index < -0.39 is 0 Å². The number of hydrogen-bond donors (Lipinski definition) is 2. The topological polar surface area (TPSA) is 38.0 Å². The number of nitrogens with one attached hydrogen (secondary N) is 1. The van der Waals surface area contributed by atoms with Gasteiger partial charge in [-0.1, -0.05) is 42.5 Å². The van der Waals surface area contributed by atoms with E-state index in [0.29, 0.717) is 0 Å². The predicted octanol–water partition coefficient (Wildman–Crippen LogP) is 3.96. The van der Waals surface area contributed by atoms with E-state index in [1.165, 1.54) is 26.8 Å². The van der Waals surface area contributed by atoms with Gasteiger partial charge >= 0.3 is 0 Å². The van der Waals surface area contributed by atoms with Gasteiger partial charge in [0.25, 0.3) is 0 Å². The third-order valence-corrected chi connectivity index (χ3v) is 4.64. The zero-order valence-electron chi connectivity index (χ0n) is 11.5. The molecule has 0 amide bonds. The van der Waals surface area contributed by atoms with Crippen LogP contribution in [0.15, 0.2) is 53.9 Å². The predicted molar refractivity (Wildman–Crippen MR) is 86.8 cm³/mol. The molecule has 2 aromatic carbocycles. The minimum Gasteiger partial charge on any atom is -0.271 e. The normalized spacial score (nSPS) is 12.7. The number of rotatable bonds is 4. The van der Waals surface area contributed by atoms with Crippen LogP contribution >= 0.6 is 11.3 Å². The number of aryl methyl sites for hydroxylation is 1. The zero-order chi connectivity index (χ0) is 13.9. The lowest BCUT2D eigenvalue weighted by Crippen LogP contribution is -2.29. The van der Waals surface area contributed by atoms with Gasteiger partial charge in [-0.2, -0.15) is 0 Å².